The molecule has 0 bridgehead atoms. The minimum Gasteiger partial charge on any atom is -0.285 e. The quantitative estimate of drug-likeness (QED) is 0.483. The first-order valence-electron chi connectivity index (χ1n) is 6.10. The predicted molar refractivity (Wildman–Crippen MR) is 83.3 cm³/mol. The third-order valence-electron chi connectivity index (χ3n) is 3.00. The molecule has 0 spiro atoms. The van der Waals surface area contributed by atoms with Gasteiger partial charge in [-0.15, -0.1) is 0 Å². The smallest absolute Gasteiger partial charge is 0.234 e. The first-order chi connectivity index (χ1) is 9.80. The summed E-state index contributed by atoms with van der Waals surface area (Å²) in [4.78, 5) is 24.8. The monoisotopic (exact) mass is 320 g/mol. The Morgan fingerprint density at radius 3 is 2.24 bits per heavy atom. The molecule has 0 radical (unpaired) electrons. The van der Waals surface area contributed by atoms with Crippen molar-refractivity contribution in [2.45, 2.75) is 11.3 Å². The van der Waals surface area contributed by atoms with E-state index >= 15 is 0 Å². The molecule has 1 aromatic rings. The largest absolute Gasteiger partial charge is 0.285 e. The fourth-order valence-corrected chi connectivity index (χ4v) is 2.74. The number of thiocarbonyl (C=S) groups is 1. The average molecular weight is 320 g/mol. The second-order valence-electron chi connectivity index (χ2n) is 4.59. The summed E-state index contributed by atoms with van der Waals surface area (Å²) in [5, 5.41) is 0. The fourth-order valence-electron chi connectivity index (χ4n) is 1.85. The molecule has 0 aromatic heterocycles. The van der Waals surface area contributed by atoms with E-state index in [2.05, 4.69) is 0 Å². The molecular formula is C15H12O4S2. The van der Waals surface area contributed by atoms with Crippen molar-refractivity contribution in [1.29, 1.82) is 0 Å². The number of carbonyl (C=O) groups is 2. The summed E-state index contributed by atoms with van der Waals surface area (Å²) in [6.07, 6.45) is 6.56. The summed E-state index contributed by atoms with van der Waals surface area (Å²) < 4.78 is 22.7. The summed E-state index contributed by atoms with van der Waals surface area (Å²) in [6.45, 7) is 0. The second-order valence-corrected chi connectivity index (χ2v) is 7.10. The normalized spacial score (nSPS) is 14.7. The Morgan fingerprint density at radius 2 is 1.71 bits per heavy atom. The van der Waals surface area contributed by atoms with E-state index in [1.54, 1.807) is 6.08 Å². The Hall–Kier alpha value is -1.92. The lowest BCUT2D eigenvalue weighted by molar-refractivity contribution is -0.111. The number of hydrogen-bond donors (Lipinski definition) is 0. The number of sulfone groups is 1. The molecular weight excluding hydrogens is 308 g/mol. The van der Waals surface area contributed by atoms with Crippen LogP contribution in [0.5, 0.6) is 0 Å². The van der Waals surface area contributed by atoms with Crippen molar-refractivity contribution in [2.24, 2.45) is 0 Å². The van der Waals surface area contributed by atoms with Crippen LogP contribution in [0.3, 0.4) is 0 Å². The maximum Gasteiger partial charge on any atom is 0.234 e. The highest BCUT2D eigenvalue weighted by Gasteiger charge is 2.23. The SMILES string of the molecule is CS(=O)(=O)c1ccc(C(=O)C(=O)C2=CC=CCC2=S)cc1. The van der Waals surface area contributed by atoms with Crippen LogP contribution in [0.15, 0.2) is 53.0 Å². The average Bonchev–Trinajstić information content (AvgIpc) is 2.45. The third-order valence-corrected chi connectivity index (χ3v) is 4.51. The molecule has 0 amide bonds. The van der Waals surface area contributed by atoms with Gasteiger partial charge in [0.1, 0.15) is 0 Å². The van der Waals surface area contributed by atoms with Crippen molar-refractivity contribution in [3.05, 3.63) is 53.6 Å². The highest BCUT2D eigenvalue weighted by atomic mass is 32.2. The van der Waals surface area contributed by atoms with Gasteiger partial charge in [0.25, 0.3) is 0 Å². The zero-order chi connectivity index (χ0) is 15.6. The first-order valence-corrected chi connectivity index (χ1v) is 8.40. The molecule has 21 heavy (non-hydrogen) atoms. The van der Waals surface area contributed by atoms with Gasteiger partial charge in [-0.25, -0.2) is 8.42 Å². The molecule has 1 aromatic carbocycles. The van der Waals surface area contributed by atoms with Crippen molar-refractivity contribution in [1.82, 2.24) is 0 Å². The molecule has 2 rings (SSSR count). The molecule has 0 N–H and O–H groups in total. The fraction of sp³-hybridized carbons (Fsp3) is 0.133. The van der Waals surface area contributed by atoms with E-state index in [9.17, 15) is 18.0 Å². The Kier molecular flexibility index (Phi) is 4.29. The van der Waals surface area contributed by atoms with Crippen LogP contribution >= 0.6 is 12.2 Å². The lowest BCUT2D eigenvalue weighted by atomic mass is 9.95. The highest BCUT2D eigenvalue weighted by molar-refractivity contribution is 7.90. The number of hydrogen-bond acceptors (Lipinski definition) is 5. The molecule has 6 heteroatoms. The number of allylic oxidation sites excluding steroid dienone is 4. The maximum atomic E-state index is 12.1. The van der Waals surface area contributed by atoms with Crippen LogP contribution in [0.1, 0.15) is 16.8 Å². The van der Waals surface area contributed by atoms with E-state index in [4.69, 9.17) is 12.2 Å². The molecule has 1 aliphatic carbocycles. The van der Waals surface area contributed by atoms with Gasteiger partial charge in [0, 0.05) is 28.7 Å². The van der Waals surface area contributed by atoms with Gasteiger partial charge >= 0.3 is 0 Å². The van der Waals surface area contributed by atoms with Gasteiger partial charge in [0.2, 0.25) is 11.6 Å². The van der Waals surface area contributed by atoms with E-state index in [1.165, 1.54) is 30.3 Å². The molecule has 0 unspecified atom stereocenters. The zero-order valence-electron chi connectivity index (χ0n) is 11.2. The Morgan fingerprint density at radius 1 is 1.10 bits per heavy atom. The van der Waals surface area contributed by atoms with E-state index in [0.717, 1.165) is 6.26 Å². The Balaban J connectivity index is 2.28. The van der Waals surface area contributed by atoms with Crippen molar-refractivity contribution in [3.63, 3.8) is 0 Å². The molecule has 1 aliphatic rings. The van der Waals surface area contributed by atoms with Gasteiger partial charge in [0.05, 0.1) is 4.90 Å². The standard InChI is InChI=1S/C15H12O4S2/c1-21(18,19)11-8-6-10(7-9-11)14(16)15(17)12-4-2-3-5-13(12)20/h2-4,6-9H,5H2,1H3. The van der Waals surface area contributed by atoms with Crippen LogP contribution in [-0.4, -0.2) is 31.1 Å². The van der Waals surface area contributed by atoms with Crippen LogP contribution in [0.25, 0.3) is 0 Å². The highest BCUT2D eigenvalue weighted by Crippen LogP contribution is 2.16. The summed E-state index contributed by atoms with van der Waals surface area (Å²) in [7, 11) is -3.33. The van der Waals surface area contributed by atoms with Crippen LogP contribution < -0.4 is 0 Å². The van der Waals surface area contributed by atoms with Crippen molar-refractivity contribution >= 4 is 38.5 Å². The second kappa shape index (κ2) is 5.83. The van der Waals surface area contributed by atoms with Crippen molar-refractivity contribution in [3.8, 4) is 0 Å². The zero-order valence-corrected chi connectivity index (χ0v) is 12.8. The van der Waals surface area contributed by atoms with Gasteiger partial charge in [-0.3, -0.25) is 9.59 Å². The molecule has 0 saturated heterocycles. The van der Waals surface area contributed by atoms with Gasteiger partial charge < -0.3 is 0 Å². The molecule has 4 nitrogen and oxygen atoms in total. The maximum absolute atomic E-state index is 12.1. The number of carbonyl (C=O) groups excluding carboxylic acids is 2. The third kappa shape index (κ3) is 3.40. The van der Waals surface area contributed by atoms with E-state index in [1.807, 2.05) is 6.08 Å². The minimum atomic E-state index is -3.33. The number of Topliss-reactive ketones (excluding diaryl/α,β-unsaturated/α-hetero) is 2. The number of ketones is 2. The summed E-state index contributed by atoms with van der Waals surface area (Å²) in [6, 6.07) is 5.28. The van der Waals surface area contributed by atoms with E-state index in [-0.39, 0.29) is 16.0 Å². The summed E-state index contributed by atoms with van der Waals surface area (Å²) in [5.74, 6) is -1.37. The van der Waals surface area contributed by atoms with Crippen LogP contribution in [0.4, 0.5) is 0 Å². The molecule has 0 aliphatic heterocycles. The van der Waals surface area contributed by atoms with Crippen LogP contribution in [0, 0.1) is 0 Å². The molecule has 0 atom stereocenters. The van der Waals surface area contributed by atoms with E-state index in [0.29, 0.717) is 11.3 Å². The predicted octanol–water partition coefficient (Wildman–Crippen LogP) is 2.10. The minimum absolute atomic E-state index is 0.0989. The van der Waals surface area contributed by atoms with Gasteiger partial charge in [-0.05, 0) is 24.3 Å². The van der Waals surface area contributed by atoms with Crippen molar-refractivity contribution in [2.75, 3.05) is 6.26 Å². The number of benzene rings is 1. The van der Waals surface area contributed by atoms with Crippen LogP contribution in [-0.2, 0) is 14.6 Å². The van der Waals surface area contributed by atoms with Gasteiger partial charge in [-0.2, -0.15) is 0 Å². The number of rotatable bonds is 4. The molecule has 0 fully saturated rings. The Bertz CT molecular complexity index is 781. The van der Waals surface area contributed by atoms with Crippen LogP contribution in [0.2, 0.25) is 0 Å². The first kappa shape index (κ1) is 15.5. The lowest BCUT2D eigenvalue weighted by Crippen LogP contribution is -2.21. The lowest BCUT2D eigenvalue weighted by Gasteiger charge is -2.08. The van der Waals surface area contributed by atoms with Gasteiger partial charge in [0.15, 0.2) is 9.84 Å². The van der Waals surface area contributed by atoms with Gasteiger partial charge in [-0.1, -0.05) is 30.4 Å². The Labute approximate surface area is 128 Å². The van der Waals surface area contributed by atoms with E-state index < -0.39 is 21.4 Å². The summed E-state index contributed by atoms with van der Waals surface area (Å²) in [5.41, 5.74) is 0.371. The topological polar surface area (TPSA) is 68.3 Å². The van der Waals surface area contributed by atoms with Crippen molar-refractivity contribution < 1.29 is 18.0 Å². The summed E-state index contributed by atoms with van der Waals surface area (Å²) >= 11 is 5.07. The molecule has 108 valence electrons. The molecule has 0 heterocycles. The molecule has 0 saturated carbocycles.